The normalized spacial score (nSPS) is 14.1. The molecule has 0 spiro atoms. The van der Waals surface area contributed by atoms with Crippen LogP contribution < -0.4 is 5.73 Å². The molecule has 43 valence electrons. The summed E-state index contributed by atoms with van der Waals surface area (Å²) in [6.45, 7) is 4.04. The topological polar surface area (TPSA) is 23.8 Å². The van der Waals surface area contributed by atoms with E-state index in [1.165, 1.54) is 0 Å². The first kappa shape index (κ1) is 7.31. The van der Waals surface area contributed by atoms with Gasteiger partial charge in [-0.15, -0.1) is 0 Å². The fourth-order valence-electron chi connectivity index (χ4n) is 0.295. The largest absolute Gasteiger partial charge is 0.254 e. The highest BCUT2D eigenvalue weighted by molar-refractivity contribution is 7.99. The van der Waals surface area contributed by atoms with Gasteiger partial charge in [0, 0.05) is 11.8 Å². The fraction of sp³-hybridized carbons (Fsp3) is 1.00. The molecule has 0 heterocycles. The van der Waals surface area contributed by atoms with E-state index in [1.54, 1.807) is 0 Å². The van der Waals surface area contributed by atoms with Crippen molar-refractivity contribution in [3.63, 3.8) is 0 Å². The third kappa shape index (κ3) is 6.31. The smallest absolute Gasteiger partial charge is 0.0275 e. The lowest BCUT2D eigenvalue weighted by molar-refractivity contribution is 0.817. The molecule has 0 aliphatic rings. The summed E-state index contributed by atoms with van der Waals surface area (Å²) in [4.78, 5) is 0. The van der Waals surface area contributed by atoms with E-state index in [2.05, 4.69) is 6.92 Å². The molecule has 0 fully saturated rings. The highest BCUT2D eigenvalue weighted by Crippen LogP contribution is 1.99. The van der Waals surface area contributed by atoms with Gasteiger partial charge in [0.25, 0.3) is 0 Å². The first-order valence-corrected chi connectivity index (χ1v) is 3.71. The molecule has 0 aliphatic carbocycles. The van der Waals surface area contributed by atoms with Crippen molar-refractivity contribution in [2.24, 2.45) is 0 Å². The van der Waals surface area contributed by atoms with Gasteiger partial charge in [-0.1, -0.05) is 6.92 Å². The van der Waals surface area contributed by atoms with Gasteiger partial charge in [-0.25, -0.2) is 0 Å². The zero-order valence-electron chi connectivity index (χ0n) is 4.90. The first-order valence-electron chi connectivity index (χ1n) is 2.56. The zero-order valence-corrected chi connectivity index (χ0v) is 5.72. The molecule has 1 unspecified atom stereocenters. The number of hydrogen-bond donors (Lipinski definition) is 0. The Bertz CT molecular complexity index is 37.1. The first-order chi connectivity index (χ1) is 3.27. The van der Waals surface area contributed by atoms with Crippen LogP contribution in [0, 0.1) is 0 Å². The molecule has 2 heteroatoms. The molecule has 1 radical (unpaired) electrons. The Morgan fingerprint density at radius 3 is 2.43 bits per heavy atom. The molecule has 0 rings (SSSR count). The minimum absolute atomic E-state index is 0.116. The van der Waals surface area contributed by atoms with Crippen molar-refractivity contribution in [3.8, 4) is 0 Å². The van der Waals surface area contributed by atoms with Gasteiger partial charge < -0.3 is 0 Å². The third-order valence-electron chi connectivity index (χ3n) is 0.572. The maximum absolute atomic E-state index is 7.06. The Morgan fingerprint density at radius 1 is 1.71 bits per heavy atom. The van der Waals surface area contributed by atoms with Crippen LogP contribution in [0.5, 0.6) is 0 Å². The lowest BCUT2D eigenvalue weighted by atomic mass is 10.4. The number of hydrogen-bond acceptors (Lipinski definition) is 1. The van der Waals surface area contributed by atoms with Gasteiger partial charge in [-0.05, 0) is 12.7 Å². The lowest BCUT2D eigenvalue weighted by Crippen LogP contribution is -2.05. The molecular weight excluding hydrogens is 106 g/mol. The van der Waals surface area contributed by atoms with Crippen molar-refractivity contribution in [2.75, 3.05) is 11.5 Å². The molecule has 0 saturated carbocycles. The molecule has 1 nitrogen and oxygen atoms in total. The van der Waals surface area contributed by atoms with Crippen LogP contribution >= 0.6 is 11.8 Å². The van der Waals surface area contributed by atoms with Gasteiger partial charge in [-0.3, -0.25) is 5.73 Å². The average Bonchev–Trinajstić information content (AvgIpc) is 1.61. The van der Waals surface area contributed by atoms with Crippen molar-refractivity contribution in [3.05, 3.63) is 0 Å². The van der Waals surface area contributed by atoms with E-state index in [0.29, 0.717) is 0 Å². The van der Waals surface area contributed by atoms with E-state index >= 15 is 0 Å². The van der Waals surface area contributed by atoms with Crippen LogP contribution in [0.15, 0.2) is 0 Å². The summed E-state index contributed by atoms with van der Waals surface area (Å²) in [7, 11) is 0. The molecular formula is C5H12NS. The standard InChI is InChI=1S/C5H12NS/c1-3-7-4-5(2)6/h5-6H,3-4H2,1-2H3. The molecule has 0 aromatic heterocycles. The van der Waals surface area contributed by atoms with Crippen molar-refractivity contribution < 1.29 is 0 Å². The Kier molecular flexibility index (Phi) is 4.67. The van der Waals surface area contributed by atoms with E-state index in [9.17, 15) is 0 Å². The van der Waals surface area contributed by atoms with Gasteiger partial charge in [0.2, 0.25) is 0 Å². The summed E-state index contributed by atoms with van der Waals surface area (Å²) >= 11 is 1.83. The quantitative estimate of drug-likeness (QED) is 0.549. The summed E-state index contributed by atoms with van der Waals surface area (Å²) in [5.41, 5.74) is 7.06. The van der Waals surface area contributed by atoms with E-state index in [4.69, 9.17) is 5.73 Å². The molecule has 0 aromatic rings. The fourth-order valence-corrected chi connectivity index (χ4v) is 0.884. The summed E-state index contributed by atoms with van der Waals surface area (Å²) in [6, 6.07) is 0.116. The molecule has 1 N–H and O–H groups in total. The minimum Gasteiger partial charge on any atom is -0.254 e. The molecule has 1 atom stereocenters. The molecule has 0 aliphatic heterocycles. The highest BCUT2D eigenvalue weighted by Gasteiger charge is 1.90. The second-order valence-electron chi connectivity index (χ2n) is 1.56. The minimum atomic E-state index is 0.116. The Morgan fingerprint density at radius 2 is 2.29 bits per heavy atom. The third-order valence-corrected chi connectivity index (χ3v) is 1.72. The average molecular weight is 118 g/mol. The van der Waals surface area contributed by atoms with Gasteiger partial charge >= 0.3 is 0 Å². The van der Waals surface area contributed by atoms with Crippen LogP contribution in [0.2, 0.25) is 0 Å². The Balaban J connectivity index is 2.68. The maximum atomic E-state index is 7.06. The predicted octanol–water partition coefficient (Wildman–Crippen LogP) is 1.41. The summed E-state index contributed by atoms with van der Waals surface area (Å²) in [5, 5.41) is 0. The van der Waals surface area contributed by atoms with Crippen LogP contribution in [-0.4, -0.2) is 17.5 Å². The van der Waals surface area contributed by atoms with E-state index in [0.717, 1.165) is 11.5 Å². The number of nitrogens with one attached hydrogen (secondary N) is 1. The SMILES string of the molecule is CCSCC(C)[NH]. The van der Waals surface area contributed by atoms with Crippen molar-refractivity contribution in [1.82, 2.24) is 5.73 Å². The van der Waals surface area contributed by atoms with Crippen LogP contribution in [0.1, 0.15) is 13.8 Å². The van der Waals surface area contributed by atoms with E-state index in [-0.39, 0.29) is 6.04 Å². The van der Waals surface area contributed by atoms with E-state index < -0.39 is 0 Å². The second kappa shape index (κ2) is 4.47. The van der Waals surface area contributed by atoms with Crippen molar-refractivity contribution in [1.29, 1.82) is 0 Å². The molecule has 0 aromatic carbocycles. The Hall–Kier alpha value is 0.310. The summed E-state index contributed by atoms with van der Waals surface area (Å²) in [5.74, 6) is 2.12. The predicted molar refractivity (Wildman–Crippen MR) is 35.6 cm³/mol. The summed E-state index contributed by atoms with van der Waals surface area (Å²) < 4.78 is 0. The van der Waals surface area contributed by atoms with Crippen molar-refractivity contribution >= 4 is 11.8 Å². The number of rotatable bonds is 3. The van der Waals surface area contributed by atoms with Gasteiger partial charge in [0.05, 0.1) is 0 Å². The molecule has 0 bridgehead atoms. The molecule has 7 heavy (non-hydrogen) atoms. The van der Waals surface area contributed by atoms with Crippen molar-refractivity contribution in [2.45, 2.75) is 19.9 Å². The van der Waals surface area contributed by atoms with Gasteiger partial charge in [0.1, 0.15) is 0 Å². The summed E-state index contributed by atoms with van der Waals surface area (Å²) in [6.07, 6.45) is 0. The van der Waals surface area contributed by atoms with Crippen LogP contribution in [0.4, 0.5) is 0 Å². The van der Waals surface area contributed by atoms with E-state index in [1.807, 2.05) is 18.7 Å². The lowest BCUT2D eigenvalue weighted by Gasteiger charge is -1.98. The zero-order chi connectivity index (χ0) is 5.70. The van der Waals surface area contributed by atoms with Crippen LogP contribution in [-0.2, 0) is 0 Å². The van der Waals surface area contributed by atoms with Gasteiger partial charge in [-0.2, -0.15) is 11.8 Å². The second-order valence-corrected chi connectivity index (χ2v) is 2.88. The monoisotopic (exact) mass is 118 g/mol. The van der Waals surface area contributed by atoms with Crippen LogP contribution in [0.3, 0.4) is 0 Å². The molecule has 0 amide bonds. The maximum Gasteiger partial charge on any atom is 0.0275 e. The van der Waals surface area contributed by atoms with Crippen LogP contribution in [0.25, 0.3) is 0 Å². The molecule has 0 saturated heterocycles. The number of thioether (sulfide) groups is 1. The Labute approximate surface area is 49.7 Å². The highest BCUT2D eigenvalue weighted by atomic mass is 32.2. The van der Waals surface area contributed by atoms with Gasteiger partial charge in [0.15, 0.2) is 0 Å².